The highest BCUT2D eigenvalue weighted by Crippen LogP contribution is 2.33. The fourth-order valence-corrected chi connectivity index (χ4v) is 3.66. The SMILES string of the molecule is FC(F)Oc1ccc([C@@H]2C=C(c3ccc(-c4ccccc4)cc3)Nc3ncnn32)cc1. The number of hydrogen-bond donors (Lipinski definition) is 1. The van der Waals surface area contributed by atoms with Crippen LogP contribution in [0.3, 0.4) is 0 Å². The molecule has 1 N–H and O–H groups in total. The summed E-state index contributed by atoms with van der Waals surface area (Å²) < 4.78 is 31.1. The summed E-state index contributed by atoms with van der Waals surface area (Å²) >= 11 is 0. The third-order valence-corrected chi connectivity index (χ3v) is 5.16. The van der Waals surface area contributed by atoms with Crippen molar-refractivity contribution in [1.82, 2.24) is 14.8 Å². The number of alkyl halides is 2. The Morgan fingerprint density at radius 2 is 1.52 bits per heavy atom. The van der Waals surface area contributed by atoms with E-state index in [1.807, 2.05) is 24.3 Å². The van der Waals surface area contributed by atoms with Crippen LogP contribution in [0.25, 0.3) is 16.8 Å². The van der Waals surface area contributed by atoms with Gasteiger partial charge in [0.2, 0.25) is 5.95 Å². The van der Waals surface area contributed by atoms with Gasteiger partial charge in [-0.3, -0.25) is 0 Å². The molecule has 1 aliphatic heterocycles. The van der Waals surface area contributed by atoms with Crippen molar-refractivity contribution in [2.45, 2.75) is 12.7 Å². The molecule has 5 rings (SSSR count). The van der Waals surface area contributed by atoms with Crippen molar-refractivity contribution in [1.29, 1.82) is 0 Å². The number of allylic oxidation sites excluding steroid dienone is 1. The molecule has 1 aliphatic rings. The van der Waals surface area contributed by atoms with Crippen molar-refractivity contribution in [3.05, 3.63) is 102 Å². The van der Waals surface area contributed by atoms with Crippen LogP contribution >= 0.6 is 0 Å². The number of rotatable bonds is 5. The van der Waals surface area contributed by atoms with Crippen LogP contribution in [0, 0.1) is 0 Å². The van der Waals surface area contributed by atoms with Crippen LogP contribution in [-0.2, 0) is 0 Å². The first-order valence-electron chi connectivity index (χ1n) is 9.76. The van der Waals surface area contributed by atoms with Gasteiger partial charge in [-0.25, -0.2) is 4.68 Å². The van der Waals surface area contributed by atoms with E-state index in [1.165, 1.54) is 18.5 Å². The third-order valence-electron chi connectivity index (χ3n) is 5.16. The molecule has 154 valence electrons. The van der Waals surface area contributed by atoms with Gasteiger partial charge >= 0.3 is 6.61 Å². The summed E-state index contributed by atoms with van der Waals surface area (Å²) in [5, 5.41) is 7.63. The van der Waals surface area contributed by atoms with Gasteiger partial charge in [0.1, 0.15) is 18.1 Å². The molecule has 5 nitrogen and oxygen atoms in total. The number of nitrogens with zero attached hydrogens (tertiary/aromatic N) is 3. The van der Waals surface area contributed by atoms with E-state index in [2.05, 4.69) is 56.5 Å². The Morgan fingerprint density at radius 1 is 0.839 bits per heavy atom. The number of aromatic nitrogens is 3. The van der Waals surface area contributed by atoms with Gasteiger partial charge in [0.05, 0.1) is 0 Å². The number of hydrogen-bond acceptors (Lipinski definition) is 4. The maximum Gasteiger partial charge on any atom is 0.387 e. The highest BCUT2D eigenvalue weighted by atomic mass is 19.3. The van der Waals surface area contributed by atoms with Crippen LogP contribution < -0.4 is 10.1 Å². The lowest BCUT2D eigenvalue weighted by Gasteiger charge is -2.24. The first-order chi connectivity index (χ1) is 15.2. The standard InChI is InChI=1S/C24H18F2N4O/c25-23(26)31-20-12-10-19(11-13-20)22-14-21(29-24-27-15-28-30(22)24)18-8-6-17(7-9-18)16-4-2-1-3-5-16/h1-15,22-23H,(H,27,28,29)/t22-/m0/s1. The van der Waals surface area contributed by atoms with Crippen molar-refractivity contribution in [3.8, 4) is 16.9 Å². The minimum Gasteiger partial charge on any atom is -0.435 e. The van der Waals surface area contributed by atoms with E-state index < -0.39 is 6.61 Å². The van der Waals surface area contributed by atoms with Gasteiger partial charge < -0.3 is 10.1 Å². The zero-order chi connectivity index (χ0) is 21.2. The van der Waals surface area contributed by atoms with E-state index in [-0.39, 0.29) is 11.8 Å². The lowest BCUT2D eigenvalue weighted by Crippen LogP contribution is -2.20. The van der Waals surface area contributed by atoms with Gasteiger partial charge in [-0.2, -0.15) is 18.9 Å². The molecule has 1 aromatic heterocycles. The zero-order valence-electron chi connectivity index (χ0n) is 16.3. The first-order valence-corrected chi connectivity index (χ1v) is 9.76. The monoisotopic (exact) mass is 416 g/mol. The maximum atomic E-state index is 12.4. The van der Waals surface area contributed by atoms with Crippen molar-refractivity contribution >= 4 is 11.6 Å². The lowest BCUT2D eigenvalue weighted by molar-refractivity contribution is -0.0498. The van der Waals surface area contributed by atoms with E-state index in [9.17, 15) is 8.78 Å². The maximum absolute atomic E-state index is 12.4. The van der Waals surface area contributed by atoms with Crippen molar-refractivity contribution in [2.75, 3.05) is 5.32 Å². The fraction of sp³-hybridized carbons (Fsp3) is 0.0833. The van der Waals surface area contributed by atoms with E-state index >= 15 is 0 Å². The van der Waals surface area contributed by atoms with E-state index in [4.69, 9.17) is 0 Å². The quantitative estimate of drug-likeness (QED) is 0.460. The summed E-state index contributed by atoms with van der Waals surface area (Å²) in [6.45, 7) is -2.85. The molecule has 0 saturated carbocycles. The molecule has 0 spiro atoms. The topological polar surface area (TPSA) is 52.0 Å². The number of halogens is 2. The minimum absolute atomic E-state index is 0.118. The number of nitrogens with one attached hydrogen (secondary N) is 1. The Balaban J connectivity index is 1.46. The number of fused-ring (bicyclic) bond motifs is 1. The summed E-state index contributed by atoms with van der Waals surface area (Å²) in [6.07, 6.45) is 3.53. The molecule has 0 amide bonds. The van der Waals surface area contributed by atoms with Crippen LogP contribution in [-0.4, -0.2) is 21.4 Å². The van der Waals surface area contributed by atoms with E-state index in [1.54, 1.807) is 16.8 Å². The fourth-order valence-electron chi connectivity index (χ4n) is 3.66. The second-order valence-electron chi connectivity index (χ2n) is 7.07. The van der Waals surface area contributed by atoms with Gasteiger partial charge in [-0.1, -0.05) is 66.7 Å². The highest BCUT2D eigenvalue weighted by molar-refractivity contribution is 5.78. The van der Waals surface area contributed by atoms with Crippen LogP contribution in [0.15, 0.2) is 91.3 Å². The summed E-state index contributed by atoms with van der Waals surface area (Å²) in [4.78, 5) is 4.31. The molecule has 2 heterocycles. The molecular formula is C24H18F2N4O. The van der Waals surface area contributed by atoms with Gasteiger partial charge in [0.25, 0.3) is 0 Å². The van der Waals surface area contributed by atoms with Crippen LogP contribution in [0.2, 0.25) is 0 Å². The van der Waals surface area contributed by atoms with Crippen LogP contribution in [0.4, 0.5) is 14.7 Å². The number of benzene rings is 3. The molecule has 0 fully saturated rings. The summed E-state index contributed by atoms with van der Waals surface area (Å²) in [5.74, 6) is 0.731. The van der Waals surface area contributed by atoms with Crippen molar-refractivity contribution < 1.29 is 13.5 Å². The predicted molar refractivity (Wildman–Crippen MR) is 115 cm³/mol. The van der Waals surface area contributed by atoms with Crippen LogP contribution in [0.5, 0.6) is 5.75 Å². The highest BCUT2D eigenvalue weighted by Gasteiger charge is 2.23. The van der Waals surface area contributed by atoms with Crippen LogP contribution in [0.1, 0.15) is 17.2 Å². The lowest BCUT2D eigenvalue weighted by atomic mass is 9.99. The average molecular weight is 416 g/mol. The van der Waals surface area contributed by atoms with Crippen molar-refractivity contribution in [3.63, 3.8) is 0 Å². The summed E-state index contributed by atoms with van der Waals surface area (Å²) in [7, 11) is 0. The second kappa shape index (κ2) is 8.02. The van der Waals surface area contributed by atoms with Crippen molar-refractivity contribution in [2.24, 2.45) is 0 Å². The number of ether oxygens (including phenoxy) is 1. The zero-order valence-corrected chi connectivity index (χ0v) is 16.3. The summed E-state index contributed by atoms with van der Waals surface area (Å²) in [6, 6.07) is 24.8. The molecule has 31 heavy (non-hydrogen) atoms. The Hall–Kier alpha value is -4.00. The third kappa shape index (κ3) is 3.90. The molecule has 0 radical (unpaired) electrons. The average Bonchev–Trinajstić information content (AvgIpc) is 3.28. The van der Waals surface area contributed by atoms with E-state index in [0.717, 1.165) is 28.0 Å². The minimum atomic E-state index is -2.85. The second-order valence-corrected chi connectivity index (χ2v) is 7.07. The van der Waals surface area contributed by atoms with Gasteiger partial charge in [-0.05, 0) is 40.5 Å². The molecular weight excluding hydrogens is 398 g/mol. The van der Waals surface area contributed by atoms with Gasteiger partial charge in [-0.15, -0.1) is 0 Å². The summed E-state index contributed by atoms with van der Waals surface area (Å²) in [5.41, 5.74) is 5.08. The molecule has 7 heteroatoms. The van der Waals surface area contributed by atoms with Gasteiger partial charge in [0, 0.05) is 5.70 Å². The molecule has 0 bridgehead atoms. The molecule has 0 unspecified atom stereocenters. The predicted octanol–water partition coefficient (Wildman–Crippen LogP) is 5.60. The molecule has 0 aliphatic carbocycles. The Labute approximate surface area is 177 Å². The Kier molecular flexibility index (Phi) is 4.92. The normalized spacial score (nSPS) is 15.2. The molecule has 0 saturated heterocycles. The largest absolute Gasteiger partial charge is 0.435 e. The number of anilines is 1. The van der Waals surface area contributed by atoms with Gasteiger partial charge in [0.15, 0.2) is 0 Å². The van der Waals surface area contributed by atoms with E-state index in [0.29, 0.717) is 5.95 Å². The molecule has 1 atom stereocenters. The molecule has 3 aromatic carbocycles. The molecule has 4 aromatic rings. The Morgan fingerprint density at radius 3 is 2.23 bits per heavy atom. The Bertz CT molecular complexity index is 1200. The first kappa shape index (κ1) is 19.0. The smallest absolute Gasteiger partial charge is 0.387 e.